The maximum Gasteiger partial charge on any atom is 0.262 e. The van der Waals surface area contributed by atoms with Gasteiger partial charge in [0.2, 0.25) is 5.91 Å². The molecule has 2 aromatic rings. The van der Waals surface area contributed by atoms with Crippen molar-refractivity contribution in [3.63, 3.8) is 0 Å². The summed E-state index contributed by atoms with van der Waals surface area (Å²) in [7, 11) is 0. The molecule has 1 aliphatic rings. The van der Waals surface area contributed by atoms with Gasteiger partial charge in [-0.05, 0) is 30.0 Å². The van der Waals surface area contributed by atoms with Gasteiger partial charge in [-0.3, -0.25) is 19.3 Å². The molecule has 5 nitrogen and oxygen atoms in total. The largest absolute Gasteiger partial charge is 0.350 e. The number of fused-ring (bicyclic) bond motifs is 1. The van der Waals surface area contributed by atoms with Crippen molar-refractivity contribution in [2.75, 3.05) is 0 Å². The third-order valence-corrected chi connectivity index (χ3v) is 4.44. The molecule has 3 amide bonds. The van der Waals surface area contributed by atoms with Crippen LogP contribution < -0.4 is 5.32 Å². The lowest BCUT2D eigenvalue weighted by atomic mass is 10.0. The van der Waals surface area contributed by atoms with Gasteiger partial charge in [-0.15, -0.1) is 0 Å². The Balaban J connectivity index is 1.81. The molecule has 0 aromatic heterocycles. The molecule has 0 saturated heterocycles. The van der Waals surface area contributed by atoms with Crippen molar-refractivity contribution >= 4 is 17.7 Å². The van der Waals surface area contributed by atoms with Gasteiger partial charge in [-0.1, -0.05) is 56.3 Å². The third kappa shape index (κ3) is 3.52. The average molecular weight is 350 g/mol. The predicted octanol–water partition coefficient (Wildman–Crippen LogP) is 3.01. The van der Waals surface area contributed by atoms with Gasteiger partial charge in [0.1, 0.15) is 6.04 Å². The second-order valence-electron chi connectivity index (χ2n) is 6.87. The van der Waals surface area contributed by atoms with E-state index in [1.165, 1.54) is 0 Å². The SMILES string of the molecule is CC(C)C[C@@H](C(=O)NCc1ccccc1)N1C(=O)c2ccccc2C1=O. The van der Waals surface area contributed by atoms with Crippen LogP contribution in [0.15, 0.2) is 54.6 Å². The smallest absolute Gasteiger partial charge is 0.262 e. The van der Waals surface area contributed by atoms with Crippen molar-refractivity contribution < 1.29 is 14.4 Å². The molecule has 5 heteroatoms. The van der Waals surface area contributed by atoms with Crippen molar-refractivity contribution in [3.05, 3.63) is 71.3 Å². The van der Waals surface area contributed by atoms with E-state index in [4.69, 9.17) is 0 Å². The van der Waals surface area contributed by atoms with Crippen LogP contribution in [0.4, 0.5) is 0 Å². The van der Waals surface area contributed by atoms with E-state index in [1.807, 2.05) is 44.2 Å². The van der Waals surface area contributed by atoms with Crippen molar-refractivity contribution in [1.82, 2.24) is 10.2 Å². The van der Waals surface area contributed by atoms with Gasteiger partial charge < -0.3 is 5.32 Å². The number of hydrogen-bond acceptors (Lipinski definition) is 3. The Kier molecular flexibility index (Phi) is 5.16. The standard InChI is InChI=1S/C21H22N2O3/c1-14(2)12-18(19(24)22-13-15-8-4-3-5-9-15)23-20(25)16-10-6-7-11-17(16)21(23)26/h3-11,14,18H,12-13H2,1-2H3,(H,22,24)/t18-/m0/s1. The number of amides is 3. The monoisotopic (exact) mass is 350 g/mol. The van der Waals surface area contributed by atoms with Crippen LogP contribution in [0.25, 0.3) is 0 Å². The molecule has 0 fully saturated rings. The molecule has 3 rings (SSSR count). The lowest BCUT2D eigenvalue weighted by Gasteiger charge is -2.26. The van der Waals surface area contributed by atoms with Crippen LogP contribution in [0.2, 0.25) is 0 Å². The summed E-state index contributed by atoms with van der Waals surface area (Å²) < 4.78 is 0. The summed E-state index contributed by atoms with van der Waals surface area (Å²) in [6.07, 6.45) is 0.423. The van der Waals surface area contributed by atoms with E-state index in [-0.39, 0.29) is 11.8 Å². The van der Waals surface area contributed by atoms with Crippen molar-refractivity contribution in [3.8, 4) is 0 Å². The number of rotatable bonds is 6. The molecule has 0 bridgehead atoms. The first kappa shape index (κ1) is 17.9. The number of benzene rings is 2. The van der Waals surface area contributed by atoms with Gasteiger partial charge in [0, 0.05) is 6.54 Å². The Labute approximate surface area is 153 Å². The summed E-state index contributed by atoms with van der Waals surface area (Å²) in [5, 5.41) is 2.86. The van der Waals surface area contributed by atoms with Crippen molar-refractivity contribution in [2.45, 2.75) is 32.9 Å². The molecule has 2 aromatic carbocycles. The number of hydrogen-bond donors (Lipinski definition) is 1. The van der Waals surface area contributed by atoms with Crippen molar-refractivity contribution in [2.24, 2.45) is 5.92 Å². The van der Waals surface area contributed by atoms with Gasteiger partial charge >= 0.3 is 0 Å². The summed E-state index contributed by atoms with van der Waals surface area (Å²) in [6.45, 7) is 4.29. The molecule has 0 saturated carbocycles. The number of nitrogens with one attached hydrogen (secondary N) is 1. The van der Waals surface area contributed by atoms with E-state index < -0.39 is 17.9 Å². The minimum absolute atomic E-state index is 0.159. The molecule has 1 heterocycles. The Hall–Kier alpha value is -2.95. The second-order valence-corrected chi connectivity index (χ2v) is 6.87. The van der Waals surface area contributed by atoms with Crippen molar-refractivity contribution in [1.29, 1.82) is 0 Å². The number of nitrogens with zero attached hydrogens (tertiary/aromatic N) is 1. The third-order valence-electron chi connectivity index (χ3n) is 4.44. The molecule has 0 aliphatic carbocycles. The predicted molar refractivity (Wildman–Crippen MR) is 98.5 cm³/mol. The minimum atomic E-state index is -0.814. The van der Waals surface area contributed by atoms with E-state index in [1.54, 1.807) is 24.3 Å². The van der Waals surface area contributed by atoms with Gasteiger partial charge in [0.15, 0.2) is 0 Å². The normalized spacial score (nSPS) is 14.5. The van der Waals surface area contributed by atoms with Crippen LogP contribution >= 0.6 is 0 Å². The van der Waals surface area contributed by atoms with Gasteiger partial charge in [-0.25, -0.2) is 0 Å². The first-order valence-corrected chi connectivity index (χ1v) is 8.77. The topological polar surface area (TPSA) is 66.5 Å². The quantitative estimate of drug-likeness (QED) is 0.815. The lowest BCUT2D eigenvalue weighted by molar-refractivity contribution is -0.125. The van der Waals surface area contributed by atoms with Gasteiger partial charge in [-0.2, -0.15) is 0 Å². The van der Waals surface area contributed by atoms with Gasteiger partial charge in [0.05, 0.1) is 11.1 Å². The fourth-order valence-corrected chi connectivity index (χ4v) is 3.17. The van der Waals surface area contributed by atoms with E-state index in [2.05, 4.69) is 5.32 Å². The molecular weight excluding hydrogens is 328 g/mol. The summed E-state index contributed by atoms with van der Waals surface area (Å²) in [5.41, 5.74) is 1.69. The maximum atomic E-state index is 12.8. The highest BCUT2D eigenvalue weighted by Gasteiger charge is 2.42. The van der Waals surface area contributed by atoms with Gasteiger partial charge in [0.25, 0.3) is 11.8 Å². The second kappa shape index (κ2) is 7.52. The zero-order chi connectivity index (χ0) is 18.7. The Morgan fingerprint density at radius 2 is 1.46 bits per heavy atom. The first-order valence-electron chi connectivity index (χ1n) is 8.77. The summed E-state index contributed by atoms with van der Waals surface area (Å²) >= 11 is 0. The Morgan fingerprint density at radius 3 is 2.00 bits per heavy atom. The lowest BCUT2D eigenvalue weighted by Crippen LogP contribution is -2.50. The molecular formula is C21H22N2O3. The van der Waals surface area contributed by atoms with Crippen LogP contribution in [-0.2, 0) is 11.3 Å². The van der Waals surface area contributed by atoms with E-state index in [0.29, 0.717) is 24.1 Å². The number of carbonyl (C=O) groups excluding carboxylic acids is 3. The van der Waals surface area contributed by atoms with Crippen LogP contribution in [-0.4, -0.2) is 28.7 Å². The molecule has 0 unspecified atom stereocenters. The highest BCUT2D eigenvalue weighted by molar-refractivity contribution is 6.22. The maximum absolute atomic E-state index is 12.8. The van der Waals surface area contributed by atoms with E-state index in [9.17, 15) is 14.4 Å². The molecule has 0 radical (unpaired) electrons. The Morgan fingerprint density at radius 1 is 0.923 bits per heavy atom. The number of imide groups is 1. The summed E-state index contributed by atoms with van der Waals surface area (Å²) in [6, 6.07) is 15.4. The zero-order valence-corrected chi connectivity index (χ0v) is 14.9. The van der Waals surface area contributed by atoms with E-state index in [0.717, 1.165) is 10.5 Å². The molecule has 26 heavy (non-hydrogen) atoms. The van der Waals surface area contributed by atoms with E-state index >= 15 is 0 Å². The van der Waals surface area contributed by atoms with Crippen LogP contribution in [0, 0.1) is 5.92 Å². The zero-order valence-electron chi connectivity index (χ0n) is 14.9. The molecule has 1 aliphatic heterocycles. The highest BCUT2D eigenvalue weighted by Crippen LogP contribution is 2.27. The molecule has 1 N–H and O–H groups in total. The molecule has 0 spiro atoms. The van der Waals surface area contributed by atoms with Crippen LogP contribution in [0.1, 0.15) is 46.5 Å². The fraction of sp³-hybridized carbons (Fsp3) is 0.286. The summed E-state index contributed by atoms with van der Waals surface area (Å²) in [5.74, 6) is -0.943. The summed E-state index contributed by atoms with van der Waals surface area (Å²) in [4.78, 5) is 39.4. The average Bonchev–Trinajstić information content (AvgIpc) is 2.90. The minimum Gasteiger partial charge on any atom is -0.350 e. The highest BCUT2D eigenvalue weighted by atomic mass is 16.2. The molecule has 134 valence electrons. The van der Waals surface area contributed by atoms with Crippen LogP contribution in [0.3, 0.4) is 0 Å². The van der Waals surface area contributed by atoms with Crippen LogP contribution in [0.5, 0.6) is 0 Å². The number of carbonyl (C=O) groups is 3. The first-order chi connectivity index (χ1) is 12.5. The Bertz CT molecular complexity index is 795. The fourth-order valence-electron chi connectivity index (χ4n) is 3.17. The molecule has 1 atom stereocenters.